The van der Waals surface area contributed by atoms with Gasteiger partial charge in [-0.05, 0) is 49.9 Å². The molecule has 2 aliphatic rings. The number of aromatic nitrogens is 3. The lowest BCUT2D eigenvalue weighted by atomic mass is 10.1. The minimum atomic E-state index is -0.471. The van der Waals surface area contributed by atoms with E-state index in [4.69, 9.17) is 20.3 Å². The van der Waals surface area contributed by atoms with Crippen molar-refractivity contribution >= 4 is 17.4 Å². The van der Waals surface area contributed by atoms with Gasteiger partial charge >= 0.3 is 0 Å². The van der Waals surface area contributed by atoms with Crippen molar-refractivity contribution in [3.63, 3.8) is 0 Å². The highest BCUT2D eigenvalue weighted by Gasteiger charge is 2.30. The normalized spacial score (nSPS) is 16.8. The summed E-state index contributed by atoms with van der Waals surface area (Å²) in [5, 5.41) is 8.07. The van der Waals surface area contributed by atoms with E-state index in [0.717, 1.165) is 43.3 Å². The van der Waals surface area contributed by atoms with Crippen LogP contribution in [-0.2, 0) is 4.74 Å². The lowest BCUT2D eigenvalue weighted by Gasteiger charge is -2.24. The molecule has 8 nitrogen and oxygen atoms in total. The zero-order valence-electron chi connectivity index (χ0n) is 17.2. The first kappa shape index (κ1) is 19.6. The van der Waals surface area contributed by atoms with Gasteiger partial charge in [-0.25, -0.2) is 9.67 Å². The molecule has 2 aromatic heterocycles. The van der Waals surface area contributed by atoms with E-state index in [1.807, 2.05) is 22.9 Å². The summed E-state index contributed by atoms with van der Waals surface area (Å²) in [6.45, 7) is 1.49. The molecule has 1 aromatic carbocycles. The van der Waals surface area contributed by atoms with Gasteiger partial charge < -0.3 is 20.5 Å². The van der Waals surface area contributed by atoms with Crippen molar-refractivity contribution in [3.05, 3.63) is 59.9 Å². The first-order chi connectivity index (χ1) is 15.2. The molecule has 3 aromatic rings. The number of nitrogens with one attached hydrogen (secondary N) is 1. The van der Waals surface area contributed by atoms with Gasteiger partial charge in [-0.15, -0.1) is 0 Å². The van der Waals surface area contributed by atoms with Gasteiger partial charge in [-0.1, -0.05) is 6.07 Å². The summed E-state index contributed by atoms with van der Waals surface area (Å²) >= 11 is 0. The van der Waals surface area contributed by atoms with E-state index in [0.29, 0.717) is 23.0 Å². The zero-order chi connectivity index (χ0) is 21.2. The number of primary amides is 1. The van der Waals surface area contributed by atoms with E-state index < -0.39 is 5.91 Å². The third-order valence-electron chi connectivity index (χ3n) is 5.63. The molecule has 0 bridgehead atoms. The van der Waals surface area contributed by atoms with E-state index in [2.05, 4.69) is 16.4 Å². The Balaban J connectivity index is 1.37. The molecular weight excluding hydrogens is 394 g/mol. The maximum Gasteiger partial charge on any atom is 0.248 e. The Morgan fingerprint density at radius 3 is 2.74 bits per heavy atom. The molecule has 0 atom stereocenters. The van der Waals surface area contributed by atoms with Crippen LogP contribution in [0.15, 0.2) is 48.7 Å². The molecule has 3 N–H and O–H groups in total. The summed E-state index contributed by atoms with van der Waals surface area (Å²) in [4.78, 5) is 15.8. The van der Waals surface area contributed by atoms with Crippen molar-refractivity contribution < 1.29 is 14.3 Å². The fourth-order valence-electron chi connectivity index (χ4n) is 3.80. The van der Waals surface area contributed by atoms with Crippen molar-refractivity contribution in [2.75, 3.05) is 18.5 Å². The Kier molecular flexibility index (Phi) is 5.30. The summed E-state index contributed by atoms with van der Waals surface area (Å²) in [6.07, 6.45) is 5.94. The molecule has 1 aliphatic heterocycles. The second-order valence-electron chi connectivity index (χ2n) is 8.02. The van der Waals surface area contributed by atoms with Crippen LogP contribution < -0.4 is 15.8 Å². The molecule has 0 unspecified atom stereocenters. The Labute approximate surface area is 180 Å². The topological polar surface area (TPSA) is 104 Å². The minimum absolute atomic E-state index is 0.284. The van der Waals surface area contributed by atoms with Gasteiger partial charge in [0.2, 0.25) is 11.8 Å². The fraction of sp³-hybridized carbons (Fsp3) is 0.348. The Bertz CT molecular complexity index is 1090. The first-order valence-corrected chi connectivity index (χ1v) is 10.6. The predicted octanol–water partition coefficient (Wildman–Crippen LogP) is 4.14. The van der Waals surface area contributed by atoms with Crippen LogP contribution in [0.25, 0.3) is 0 Å². The third-order valence-corrected chi connectivity index (χ3v) is 5.63. The number of carbonyl (C=O) groups excluding carboxylic acids is 1. The number of pyridine rings is 1. The van der Waals surface area contributed by atoms with E-state index in [1.165, 1.54) is 12.8 Å². The molecule has 0 radical (unpaired) electrons. The SMILES string of the molecule is NC(=O)c1cccc(Nc2cc(Oc3cc(C4CC4)nn3C3CCOCC3)ccn2)c1. The number of amides is 1. The molecule has 3 heterocycles. The molecule has 5 rings (SSSR count). The number of ether oxygens (including phenoxy) is 2. The van der Waals surface area contributed by atoms with Crippen LogP contribution in [0.4, 0.5) is 11.5 Å². The quantitative estimate of drug-likeness (QED) is 0.596. The van der Waals surface area contributed by atoms with Crippen LogP contribution in [0.3, 0.4) is 0 Å². The Morgan fingerprint density at radius 1 is 1.13 bits per heavy atom. The van der Waals surface area contributed by atoms with Crippen molar-refractivity contribution in [1.82, 2.24) is 14.8 Å². The van der Waals surface area contributed by atoms with Gasteiger partial charge in [-0.2, -0.15) is 5.10 Å². The summed E-state index contributed by atoms with van der Waals surface area (Å²) < 4.78 is 13.8. The molecular formula is C23H25N5O3. The van der Waals surface area contributed by atoms with Gasteiger partial charge in [0.25, 0.3) is 0 Å². The summed E-state index contributed by atoms with van der Waals surface area (Å²) in [5.74, 6) is 2.11. The largest absolute Gasteiger partial charge is 0.439 e. The van der Waals surface area contributed by atoms with Crippen LogP contribution in [-0.4, -0.2) is 33.9 Å². The van der Waals surface area contributed by atoms with Crippen LogP contribution in [0.5, 0.6) is 11.6 Å². The maximum absolute atomic E-state index is 11.4. The second-order valence-corrected chi connectivity index (χ2v) is 8.02. The van der Waals surface area contributed by atoms with Gasteiger partial charge in [0.1, 0.15) is 11.6 Å². The fourth-order valence-corrected chi connectivity index (χ4v) is 3.80. The molecule has 1 amide bonds. The highest BCUT2D eigenvalue weighted by molar-refractivity contribution is 5.93. The highest BCUT2D eigenvalue weighted by atomic mass is 16.5. The zero-order valence-corrected chi connectivity index (χ0v) is 17.2. The third kappa shape index (κ3) is 4.54. The number of nitrogens with two attached hydrogens (primary N) is 1. The smallest absolute Gasteiger partial charge is 0.248 e. The second kappa shape index (κ2) is 8.39. The molecule has 0 spiro atoms. The Morgan fingerprint density at radius 2 is 1.97 bits per heavy atom. The van der Waals surface area contributed by atoms with E-state index >= 15 is 0 Å². The average molecular weight is 419 g/mol. The molecule has 160 valence electrons. The average Bonchev–Trinajstić information content (AvgIpc) is 3.55. The monoisotopic (exact) mass is 419 g/mol. The van der Waals surface area contributed by atoms with Gasteiger partial charge in [-0.3, -0.25) is 4.79 Å². The summed E-state index contributed by atoms with van der Waals surface area (Å²) in [6, 6.07) is 13.0. The number of anilines is 2. The predicted molar refractivity (Wildman–Crippen MR) is 116 cm³/mol. The number of carbonyl (C=O) groups is 1. The van der Waals surface area contributed by atoms with Gasteiger partial charge in [0, 0.05) is 48.7 Å². The molecule has 1 saturated carbocycles. The van der Waals surface area contributed by atoms with Crippen LogP contribution >= 0.6 is 0 Å². The number of hydrogen-bond donors (Lipinski definition) is 2. The molecule has 2 fully saturated rings. The summed E-state index contributed by atoms with van der Waals surface area (Å²) in [5.41, 5.74) is 7.64. The van der Waals surface area contributed by atoms with Crippen molar-refractivity contribution in [2.24, 2.45) is 5.73 Å². The lowest BCUT2D eigenvalue weighted by Crippen LogP contribution is -2.21. The molecule has 8 heteroatoms. The number of hydrogen-bond acceptors (Lipinski definition) is 6. The molecule has 1 saturated heterocycles. The first-order valence-electron chi connectivity index (χ1n) is 10.6. The van der Waals surface area contributed by atoms with Crippen molar-refractivity contribution in [1.29, 1.82) is 0 Å². The van der Waals surface area contributed by atoms with Crippen molar-refractivity contribution in [2.45, 2.75) is 37.6 Å². The highest BCUT2D eigenvalue weighted by Crippen LogP contribution is 2.42. The minimum Gasteiger partial charge on any atom is -0.439 e. The van der Waals surface area contributed by atoms with Crippen LogP contribution in [0.1, 0.15) is 53.7 Å². The summed E-state index contributed by atoms with van der Waals surface area (Å²) in [7, 11) is 0. The van der Waals surface area contributed by atoms with E-state index in [-0.39, 0.29) is 6.04 Å². The van der Waals surface area contributed by atoms with Gasteiger partial charge in [0.05, 0.1) is 11.7 Å². The molecule has 1 aliphatic carbocycles. The number of benzene rings is 1. The van der Waals surface area contributed by atoms with Gasteiger partial charge in [0.15, 0.2) is 0 Å². The van der Waals surface area contributed by atoms with Crippen LogP contribution in [0.2, 0.25) is 0 Å². The maximum atomic E-state index is 11.4. The van der Waals surface area contributed by atoms with E-state index in [1.54, 1.807) is 24.4 Å². The standard InChI is InChI=1S/C23H25N5O3/c24-23(29)16-2-1-3-17(12-16)26-21-13-19(6-9-25-21)31-22-14-20(15-4-5-15)27-28(22)18-7-10-30-11-8-18/h1-3,6,9,12-15,18H,4-5,7-8,10-11H2,(H2,24,29)(H,25,26). The lowest BCUT2D eigenvalue weighted by molar-refractivity contribution is 0.0642. The van der Waals surface area contributed by atoms with E-state index in [9.17, 15) is 4.79 Å². The van der Waals surface area contributed by atoms with Crippen LogP contribution in [0, 0.1) is 0 Å². The Hall–Kier alpha value is -3.39. The van der Waals surface area contributed by atoms with Crippen molar-refractivity contribution in [3.8, 4) is 11.6 Å². The number of nitrogens with zero attached hydrogens (tertiary/aromatic N) is 3. The number of rotatable bonds is 7. The molecule has 31 heavy (non-hydrogen) atoms.